The van der Waals surface area contributed by atoms with Gasteiger partial charge >= 0.3 is 0 Å². The number of carbonyl (C=O) groups excluding carboxylic acids is 1. The molecule has 0 aromatic heterocycles. The number of ether oxygens (including phenoxy) is 1. The fourth-order valence-corrected chi connectivity index (χ4v) is 1.63. The van der Waals surface area contributed by atoms with E-state index in [2.05, 4.69) is 5.32 Å². The molecule has 0 atom stereocenters. The zero-order chi connectivity index (χ0) is 12.1. The van der Waals surface area contributed by atoms with Crippen LogP contribution in [-0.2, 0) is 9.53 Å². The fraction of sp³-hybridized carbons (Fsp3) is 0.364. The summed E-state index contributed by atoms with van der Waals surface area (Å²) < 4.78 is 4.71. The Kier molecular flexibility index (Phi) is 4.58. The second kappa shape index (κ2) is 5.72. The van der Waals surface area contributed by atoms with Crippen molar-refractivity contribution in [3.8, 4) is 0 Å². The van der Waals surface area contributed by atoms with Crippen LogP contribution in [0.15, 0.2) is 18.2 Å². The molecule has 0 saturated heterocycles. The van der Waals surface area contributed by atoms with Gasteiger partial charge in [0.2, 0.25) is 5.91 Å². The molecule has 1 N–H and O–H groups in total. The number of halogens is 1. The number of amides is 1. The first kappa shape index (κ1) is 12.8. The van der Waals surface area contributed by atoms with Gasteiger partial charge in [-0.15, -0.1) is 0 Å². The maximum Gasteiger partial charge on any atom is 0.250 e. The van der Waals surface area contributed by atoms with Crippen molar-refractivity contribution in [1.29, 1.82) is 0 Å². The first-order chi connectivity index (χ1) is 7.54. The molecule has 0 aliphatic heterocycles. The molecule has 4 nitrogen and oxygen atoms in total. The monoisotopic (exact) mass is 242 g/mol. The molecule has 0 spiro atoms. The van der Waals surface area contributed by atoms with Crippen molar-refractivity contribution in [2.45, 2.75) is 0 Å². The van der Waals surface area contributed by atoms with Crippen LogP contribution in [0.4, 0.5) is 11.4 Å². The van der Waals surface area contributed by atoms with Gasteiger partial charge in [0.1, 0.15) is 6.61 Å². The maximum absolute atomic E-state index is 11.3. The van der Waals surface area contributed by atoms with Gasteiger partial charge < -0.3 is 15.0 Å². The molecular formula is C11H15ClN2O2. The minimum absolute atomic E-state index is 0.0348. The molecule has 0 bridgehead atoms. The summed E-state index contributed by atoms with van der Waals surface area (Å²) in [6.45, 7) is 0.0348. The van der Waals surface area contributed by atoms with Crippen LogP contribution in [0, 0.1) is 0 Å². The van der Waals surface area contributed by atoms with Crippen LogP contribution in [-0.4, -0.2) is 33.7 Å². The minimum atomic E-state index is -0.198. The van der Waals surface area contributed by atoms with Crippen molar-refractivity contribution in [1.82, 2.24) is 0 Å². The second-order valence-corrected chi connectivity index (χ2v) is 3.95. The SMILES string of the molecule is COCC(=O)Nc1ccc(N(C)C)c(Cl)c1. The molecule has 0 saturated carbocycles. The van der Waals surface area contributed by atoms with E-state index >= 15 is 0 Å². The lowest BCUT2D eigenvalue weighted by Crippen LogP contribution is -2.17. The molecule has 0 aliphatic carbocycles. The normalized spacial score (nSPS) is 10.0. The van der Waals surface area contributed by atoms with Crippen molar-refractivity contribution in [2.24, 2.45) is 0 Å². The molecule has 1 amide bonds. The molecule has 0 fully saturated rings. The molecular weight excluding hydrogens is 228 g/mol. The zero-order valence-corrected chi connectivity index (χ0v) is 10.3. The third-order valence-electron chi connectivity index (χ3n) is 1.99. The van der Waals surface area contributed by atoms with Crippen LogP contribution in [0.25, 0.3) is 0 Å². The summed E-state index contributed by atoms with van der Waals surface area (Å²) >= 11 is 6.06. The van der Waals surface area contributed by atoms with Crippen molar-refractivity contribution < 1.29 is 9.53 Å². The van der Waals surface area contributed by atoms with Crippen molar-refractivity contribution in [3.05, 3.63) is 23.2 Å². The van der Waals surface area contributed by atoms with Crippen LogP contribution in [0.1, 0.15) is 0 Å². The Morgan fingerprint density at radius 1 is 1.50 bits per heavy atom. The van der Waals surface area contributed by atoms with E-state index in [1.54, 1.807) is 12.1 Å². The molecule has 16 heavy (non-hydrogen) atoms. The van der Waals surface area contributed by atoms with Crippen molar-refractivity contribution in [3.63, 3.8) is 0 Å². The maximum atomic E-state index is 11.3. The quantitative estimate of drug-likeness (QED) is 0.878. The van der Waals surface area contributed by atoms with Gasteiger partial charge in [-0.3, -0.25) is 4.79 Å². The lowest BCUT2D eigenvalue weighted by Gasteiger charge is -2.15. The highest BCUT2D eigenvalue weighted by molar-refractivity contribution is 6.33. The summed E-state index contributed by atoms with van der Waals surface area (Å²) in [5.74, 6) is -0.198. The smallest absolute Gasteiger partial charge is 0.250 e. The molecule has 1 aromatic carbocycles. The Morgan fingerprint density at radius 3 is 2.69 bits per heavy atom. The largest absolute Gasteiger partial charge is 0.376 e. The van der Waals surface area contributed by atoms with E-state index in [4.69, 9.17) is 16.3 Å². The van der Waals surface area contributed by atoms with E-state index in [9.17, 15) is 4.79 Å². The van der Waals surface area contributed by atoms with E-state index in [0.717, 1.165) is 5.69 Å². The molecule has 0 unspecified atom stereocenters. The number of nitrogens with zero attached hydrogens (tertiary/aromatic N) is 1. The molecule has 88 valence electrons. The first-order valence-electron chi connectivity index (χ1n) is 4.80. The Labute approximate surface area is 100 Å². The Bertz CT molecular complexity index is 380. The summed E-state index contributed by atoms with van der Waals surface area (Å²) in [7, 11) is 5.29. The van der Waals surface area contributed by atoms with Crippen molar-refractivity contribution >= 4 is 28.9 Å². The van der Waals surface area contributed by atoms with Gasteiger partial charge in [-0.05, 0) is 18.2 Å². The number of rotatable bonds is 4. The highest BCUT2D eigenvalue weighted by Crippen LogP contribution is 2.27. The number of methoxy groups -OCH3 is 1. The van der Waals surface area contributed by atoms with E-state index in [1.807, 2.05) is 25.1 Å². The van der Waals surface area contributed by atoms with Crippen LogP contribution in [0.3, 0.4) is 0 Å². The third-order valence-corrected chi connectivity index (χ3v) is 2.29. The van der Waals surface area contributed by atoms with Gasteiger partial charge in [-0.1, -0.05) is 11.6 Å². The number of hydrogen-bond acceptors (Lipinski definition) is 3. The third kappa shape index (κ3) is 3.40. The van der Waals surface area contributed by atoms with Gasteiger partial charge in [-0.2, -0.15) is 0 Å². The number of anilines is 2. The van der Waals surface area contributed by atoms with Crippen molar-refractivity contribution in [2.75, 3.05) is 38.0 Å². The summed E-state index contributed by atoms with van der Waals surface area (Å²) in [5, 5.41) is 3.28. The summed E-state index contributed by atoms with van der Waals surface area (Å²) in [4.78, 5) is 13.2. The topological polar surface area (TPSA) is 41.6 Å². The van der Waals surface area contributed by atoms with E-state index in [-0.39, 0.29) is 12.5 Å². The summed E-state index contributed by atoms with van der Waals surface area (Å²) in [5.41, 5.74) is 1.57. The summed E-state index contributed by atoms with van der Waals surface area (Å²) in [6.07, 6.45) is 0. The molecule has 0 aliphatic rings. The highest BCUT2D eigenvalue weighted by Gasteiger charge is 2.06. The van der Waals surface area contributed by atoms with Gasteiger partial charge in [0.25, 0.3) is 0 Å². The second-order valence-electron chi connectivity index (χ2n) is 3.54. The van der Waals surface area contributed by atoms with Crippen LogP contribution in [0.5, 0.6) is 0 Å². The predicted octanol–water partition coefficient (Wildman–Crippen LogP) is 1.99. The van der Waals surface area contributed by atoms with Crippen LogP contribution >= 0.6 is 11.6 Å². The van der Waals surface area contributed by atoms with Gasteiger partial charge in [-0.25, -0.2) is 0 Å². The summed E-state index contributed by atoms with van der Waals surface area (Å²) in [6, 6.07) is 5.37. The molecule has 0 radical (unpaired) electrons. The van der Waals surface area contributed by atoms with Gasteiger partial charge in [0.05, 0.1) is 10.7 Å². The first-order valence-corrected chi connectivity index (χ1v) is 5.18. The van der Waals surface area contributed by atoms with E-state index in [0.29, 0.717) is 10.7 Å². The van der Waals surface area contributed by atoms with E-state index in [1.165, 1.54) is 7.11 Å². The van der Waals surface area contributed by atoms with Crippen LogP contribution in [0.2, 0.25) is 5.02 Å². The number of carbonyl (C=O) groups is 1. The molecule has 1 rings (SSSR count). The predicted molar refractivity (Wildman–Crippen MR) is 66.3 cm³/mol. The molecule has 0 heterocycles. The highest BCUT2D eigenvalue weighted by atomic mass is 35.5. The van der Waals surface area contributed by atoms with E-state index < -0.39 is 0 Å². The van der Waals surface area contributed by atoms with Gasteiger partial charge in [0.15, 0.2) is 0 Å². The lowest BCUT2D eigenvalue weighted by atomic mass is 10.2. The number of hydrogen-bond donors (Lipinski definition) is 1. The zero-order valence-electron chi connectivity index (χ0n) is 9.58. The Hall–Kier alpha value is -1.26. The molecule has 1 aromatic rings. The minimum Gasteiger partial charge on any atom is -0.376 e. The van der Waals surface area contributed by atoms with Gasteiger partial charge in [0, 0.05) is 26.9 Å². The lowest BCUT2D eigenvalue weighted by molar-refractivity contribution is -0.119. The fourth-order valence-electron chi connectivity index (χ4n) is 1.28. The van der Waals surface area contributed by atoms with Crippen LogP contribution < -0.4 is 10.2 Å². The Morgan fingerprint density at radius 2 is 2.19 bits per heavy atom. The molecule has 5 heteroatoms. The number of benzene rings is 1. The Balaban J connectivity index is 2.77. The number of nitrogens with one attached hydrogen (secondary N) is 1. The average molecular weight is 243 g/mol. The average Bonchev–Trinajstić information content (AvgIpc) is 2.17. The standard InChI is InChI=1S/C11H15ClN2O2/c1-14(2)10-5-4-8(6-9(10)12)13-11(15)7-16-3/h4-6H,7H2,1-3H3,(H,13,15).